The van der Waals surface area contributed by atoms with Crippen LogP contribution >= 0.6 is 7.14 Å². The van der Waals surface area contributed by atoms with Crippen LogP contribution in [0.4, 0.5) is 5.69 Å². The highest BCUT2D eigenvalue weighted by Crippen LogP contribution is 2.50. The molecule has 0 aliphatic carbocycles. The summed E-state index contributed by atoms with van der Waals surface area (Å²) in [5.41, 5.74) is 1.01. The van der Waals surface area contributed by atoms with Gasteiger partial charge in [0.2, 0.25) is 0 Å². The van der Waals surface area contributed by atoms with Crippen molar-refractivity contribution < 1.29 is 4.57 Å². The molecule has 26 heavy (non-hydrogen) atoms. The van der Waals surface area contributed by atoms with E-state index in [-0.39, 0.29) is 5.78 Å². The van der Waals surface area contributed by atoms with Gasteiger partial charge in [0.15, 0.2) is 7.14 Å². The van der Waals surface area contributed by atoms with Gasteiger partial charge >= 0.3 is 0 Å². The van der Waals surface area contributed by atoms with E-state index in [2.05, 4.69) is 12.2 Å². The summed E-state index contributed by atoms with van der Waals surface area (Å²) in [6.07, 6.45) is 2.98. The van der Waals surface area contributed by atoms with Gasteiger partial charge in [-0.3, -0.25) is 0 Å². The monoisotopic (exact) mass is 363 g/mol. The lowest BCUT2D eigenvalue weighted by atomic mass is 10.2. The number of rotatable bonds is 8. The number of hydrogen-bond acceptors (Lipinski definition) is 2. The molecule has 0 spiro atoms. The van der Waals surface area contributed by atoms with Gasteiger partial charge in [0.05, 0.1) is 5.78 Å². The van der Waals surface area contributed by atoms with Crippen molar-refractivity contribution in [3.8, 4) is 0 Å². The number of para-hydroxylation sites is 1. The van der Waals surface area contributed by atoms with Crippen molar-refractivity contribution in [2.45, 2.75) is 32.0 Å². The molecule has 0 heterocycles. The van der Waals surface area contributed by atoms with Crippen molar-refractivity contribution >= 4 is 23.4 Å². The Bertz CT molecular complexity index is 790. The predicted octanol–water partition coefficient (Wildman–Crippen LogP) is 5.63. The minimum atomic E-state index is -2.84. The molecule has 0 aromatic heterocycles. The normalized spacial score (nSPS) is 12.5. The molecule has 0 fully saturated rings. The zero-order chi connectivity index (χ0) is 18.2. The summed E-state index contributed by atoms with van der Waals surface area (Å²) in [5, 5.41) is 5.41. The highest BCUT2D eigenvalue weighted by Gasteiger charge is 2.36. The van der Waals surface area contributed by atoms with Crippen LogP contribution in [-0.4, -0.2) is 5.78 Å². The first kappa shape index (κ1) is 18.5. The SMILES string of the molecule is CCCCC(Nc1ccccc1)P(=O)(c1ccccc1)c1ccccc1. The van der Waals surface area contributed by atoms with Crippen molar-refractivity contribution in [1.82, 2.24) is 0 Å². The molecule has 0 saturated heterocycles. The Kier molecular flexibility index (Phi) is 6.30. The van der Waals surface area contributed by atoms with Crippen LogP contribution in [0.1, 0.15) is 26.2 Å². The van der Waals surface area contributed by atoms with Crippen molar-refractivity contribution in [2.75, 3.05) is 5.32 Å². The highest BCUT2D eigenvalue weighted by atomic mass is 31.2. The molecule has 134 valence electrons. The average molecular weight is 363 g/mol. The van der Waals surface area contributed by atoms with E-state index < -0.39 is 7.14 Å². The van der Waals surface area contributed by atoms with Crippen molar-refractivity contribution in [3.63, 3.8) is 0 Å². The first-order chi connectivity index (χ1) is 12.7. The number of anilines is 1. The van der Waals surface area contributed by atoms with Crippen molar-refractivity contribution in [1.29, 1.82) is 0 Å². The number of unbranched alkanes of at least 4 members (excludes halogenated alkanes) is 1. The van der Waals surface area contributed by atoms with Crippen molar-refractivity contribution in [2.24, 2.45) is 0 Å². The standard InChI is InChI=1S/C23H26NOP/c1-2-3-19-23(24-20-13-7-4-8-14-20)26(25,21-15-9-5-10-16-21)22-17-11-6-12-18-22/h4-18,23-24H,2-3,19H2,1H3. The van der Waals surface area contributed by atoms with Gasteiger partial charge in [0, 0.05) is 16.3 Å². The highest BCUT2D eigenvalue weighted by molar-refractivity contribution is 7.79. The van der Waals surface area contributed by atoms with E-state index >= 15 is 0 Å². The molecule has 3 heteroatoms. The van der Waals surface area contributed by atoms with Gasteiger partial charge in [-0.15, -0.1) is 0 Å². The Morgan fingerprint density at radius 2 is 1.23 bits per heavy atom. The molecule has 0 bridgehead atoms. The topological polar surface area (TPSA) is 29.1 Å². The molecule has 0 saturated carbocycles. The lowest BCUT2D eigenvalue weighted by Gasteiger charge is -2.30. The number of hydrogen-bond donors (Lipinski definition) is 1. The lowest BCUT2D eigenvalue weighted by molar-refractivity contribution is 0.573. The van der Waals surface area contributed by atoms with Crippen LogP contribution < -0.4 is 15.9 Å². The fraction of sp³-hybridized carbons (Fsp3) is 0.217. The molecule has 0 radical (unpaired) electrons. The van der Waals surface area contributed by atoms with Crippen LogP contribution in [-0.2, 0) is 4.57 Å². The van der Waals surface area contributed by atoms with E-state index in [0.29, 0.717) is 0 Å². The van der Waals surface area contributed by atoms with Gasteiger partial charge < -0.3 is 9.88 Å². The molecule has 3 rings (SSSR count). The summed E-state index contributed by atoms with van der Waals surface area (Å²) >= 11 is 0. The molecule has 0 amide bonds. The zero-order valence-corrected chi connectivity index (χ0v) is 16.1. The van der Waals surface area contributed by atoms with Crippen LogP contribution in [0.2, 0.25) is 0 Å². The molecule has 1 N–H and O–H groups in total. The maximum absolute atomic E-state index is 14.6. The molecule has 0 aliphatic rings. The first-order valence-electron chi connectivity index (χ1n) is 9.27. The molecule has 3 aromatic rings. The average Bonchev–Trinajstić information content (AvgIpc) is 2.72. The Balaban J connectivity index is 2.08. The Labute approximate surface area is 156 Å². The zero-order valence-electron chi connectivity index (χ0n) is 15.2. The van der Waals surface area contributed by atoms with Crippen LogP contribution in [0.25, 0.3) is 0 Å². The smallest absolute Gasteiger partial charge is 0.164 e. The quantitative estimate of drug-likeness (QED) is 0.526. The summed E-state index contributed by atoms with van der Waals surface area (Å²) in [7, 11) is -2.84. The van der Waals surface area contributed by atoms with Crippen LogP contribution in [0.15, 0.2) is 91.0 Å². The summed E-state index contributed by atoms with van der Waals surface area (Å²) in [4.78, 5) is 0. The Morgan fingerprint density at radius 3 is 1.69 bits per heavy atom. The third-order valence-corrected chi connectivity index (χ3v) is 8.05. The van der Waals surface area contributed by atoms with Gasteiger partial charge in [-0.2, -0.15) is 0 Å². The summed E-state index contributed by atoms with van der Waals surface area (Å²) in [6.45, 7) is 2.18. The van der Waals surface area contributed by atoms with E-state index in [1.807, 2.05) is 91.0 Å². The Morgan fingerprint density at radius 1 is 0.769 bits per heavy atom. The molecule has 1 atom stereocenters. The lowest BCUT2D eigenvalue weighted by Crippen LogP contribution is -2.31. The fourth-order valence-electron chi connectivity index (χ4n) is 3.28. The van der Waals surface area contributed by atoms with Gasteiger partial charge in [0.1, 0.15) is 0 Å². The maximum atomic E-state index is 14.6. The van der Waals surface area contributed by atoms with Gasteiger partial charge in [-0.05, 0) is 18.6 Å². The van der Waals surface area contributed by atoms with Gasteiger partial charge in [0.25, 0.3) is 0 Å². The first-order valence-corrected chi connectivity index (χ1v) is 11.1. The van der Waals surface area contributed by atoms with E-state index in [4.69, 9.17) is 0 Å². The van der Waals surface area contributed by atoms with Crippen molar-refractivity contribution in [3.05, 3.63) is 91.0 Å². The Hall–Kier alpha value is -2.31. The van der Waals surface area contributed by atoms with E-state index in [9.17, 15) is 4.57 Å². The third kappa shape index (κ3) is 4.08. The van der Waals surface area contributed by atoms with E-state index in [0.717, 1.165) is 35.6 Å². The second-order valence-electron chi connectivity index (χ2n) is 6.50. The fourth-order valence-corrected chi connectivity index (χ4v) is 6.40. The maximum Gasteiger partial charge on any atom is 0.164 e. The van der Waals surface area contributed by atoms with Crippen LogP contribution in [0.3, 0.4) is 0 Å². The second-order valence-corrected chi connectivity index (χ2v) is 9.47. The summed E-state index contributed by atoms with van der Waals surface area (Å²) in [5.74, 6) is -0.130. The van der Waals surface area contributed by atoms with Gasteiger partial charge in [-0.1, -0.05) is 98.6 Å². The summed E-state index contributed by atoms with van der Waals surface area (Å²) in [6, 6.07) is 30.0. The molecule has 1 unspecified atom stereocenters. The largest absolute Gasteiger partial charge is 0.375 e. The minimum Gasteiger partial charge on any atom is -0.375 e. The van der Waals surface area contributed by atoms with Crippen LogP contribution in [0.5, 0.6) is 0 Å². The molecular weight excluding hydrogens is 337 g/mol. The predicted molar refractivity (Wildman–Crippen MR) is 113 cm³/mol. The van der Waals surface area contributed by atoms with E-state index in [1.54, 1.807) is 0 Å². The number of nitrogens with one attached hydrogen (secondary N) is 1. The molecular formula is C23H26NOP. The molecule has 3 aromatic carbocycles. The summed E-state index contributed by atoms with van der Waals surface area (Å²) < 4.78 is 14.6. The third-order valence-electron chi connectivity index (χ3n) is 4.66. The van der Waals surface area contributed by atoms with Crippen LogP contribution in [0, 0.1) is 0 Å². The number of benzene rings is 3. The molecule has 0 aliphatic heterocycles. The minimum absolute atomic E-state index is 0.130. The second kappa shape index (κ2) is 8.87. The molecule has 2 nitrogen and oxygen atoms in total. The van der Waals surface area contributed by atoms with E-state index in [1.165, 1.54) is 0 Å². The van der Waals surface area contributed by atoms with Gasteiger partial charge in [-0.25, -0.2) is 0 Å².